The number of amides is 2. The maximum Gasteiger partial charge on any atom is 0.249 e. The molecule has 9 heteroatoms. The van der Waals surface area contributed by atoms with Gasteiger partial charge in [0.2, 0.25) is 11.8 Å². The Morgan fingerprint density at radius 2 is 1.76 bits per heavy atom. The van der Waals surface area contributed by atoms with E-state index < -0.39 is 5.91 Å². The lowest BCUT2D eigenvalue weighted by molar-refractivity contribution is -0.116. The third-order valence-corrected chi connectivity index (χ3v) is 6.22. The lowest BCUT2D eigenvalue weighted by Crippen LogP contribution is -2.17. The van der Waals surface area contributed by atoms with Crippen molar-refractivity contribution in [1.82, 2.24) is 9.97 Å². The van der Waals surface area contributed by atoms with E-state index in [2.05, 4.69) is 15.3 Å². The Bertz CT molecular complexity index is 1540. The number of azide groups is 1. The molecule has 1 aliphatic rings. The van der Waals surface area contributed by atoms with Gasteiger partial charge in [0.05, 0.1) is 11.4 Å². The van der Waals surface area contributed by atoms with Crippen molar-refractivity contribution in [2.24, 2.45) is 5.11 Å². The number of phenolic OH excluding ortho intramolecular Hbond substituents is 1. The lowest BCUT2D eigenvalue weighted by Gasteiger charge is -2.21. The summed E-state index contributed by atoms with van der Waals surface area (Å²) in [5, 5.41) is 15.9. The van der Waals surface area contributed by atoms with Crippen LogP contribution < -0.4 is 5.32 Å². The van der Waals surface area contributed by atoms with Gasteiger partial charge in [-0.15, -0.1) is 0 Å². The number of aromatic nitrogens is 2. The van der Waals surface area contributed by atoms with Gasteiger partial charge < -0.3 is 10.4 Å². The zero-order valence-corrected chi connectivity index (χ0v) is 19.8. The molecule has 37 heavy (non-hydrogen) atoms. The number of nitrogens with one attached hydrogen (secondary N) is 1. The van der Waals surface area contributed by atoms with Crippen molar-refractivity contribution in [1.29, 1.82) is 0 Å². The first-order valence-electron chi connectivity index (χ1n) is 11.8. The molecule has 5 rings (SSSR count). The lowest BCUT2D eigenvalue weighted by atomic mass is 9.90. The average molecular weight is 491 g/mol. The molecular weight excluding hydrogens is 468 g/mol. The highest BCUT2D eigenvalue weighted by molar-refractivity contribution is 5.96. The third-order valence-electron chi connectivity index (χ3n) is 6.22. The van der Waals surface area contributed by atoms with Crippen LogP contribution in [0.2, 0.25) is 0 Å². The maximum absolute atomic E-state index is 12.9. The summed E-state index contributed by atoms with van der Waals surface area (Å²) in [6.07, 6.45) is 2.08. The molecule has 0 saturated heterocycles. The molecule has 0 atom stereocenters. The van der Waals surface area contributed by atoms with Crippen LogP contribution in [-0.4, -0.2) is 26.9 Å². The zero-order valence-electron chi connectivity index (χ0n) is 19.8. The highest BCUT2D eigenvalue weighted by atomic mass is 16.3. The fourth-order valence-corrected chi connectivity index (χ4v) is 4.38. The van der Waals surface area contributed by atoms with Crippen molar-refractivity contribution in [3.63, 3.8) is 0 Å². The van der Waals surface area contributed by atoms with E-state index in [1.807, 2.05) is 30.3 Å². The van der Waals surface area contributed by atoms with E-state index >= 15 is 0 Å². The first kappa shape index (κ1) is 23.7. The molecule has 1 aliphatic carbocycles. The zero-order chi connectivity index (χ0) is 25.8. The van der Waals surface area contributed by atoms with Crippen LogP contribution in [0.3, 0.4) is 0 Å². The number of carbonyl (C=O) groups is 2. The molecule has 182 valence electrons. The number of carbonyl (C=O) groups excluding carboxylic acids is 2. The minimum absolute atomic E-state index is 0.116. The van der Waals surface area contributed by atoms with E-state index in [1.54, 1.807) is 42.5 Å². The quantitative estimate of drug-likeness (QED) is 0.204. The molecule has 0 bridgehead atoms. The van der Waals surface area contributed by atoms with Gasteiger partial charge in [0.1, 0.15) is 11.4 Å². The van der Waals surface area contributed by atoms with Crippen LogP contribution >= 0.6 is 0 Å². The van der Waals surface area contributed by atoms with Crippen LogP contribution in [0.25, 0.3) is 33.0 Å². The summed E-state index contributed by atoms with van der Waals surface area (Å²) in [6.45, 7) is 0. The van der Waals surface area contributed by atoms with Gasteiger partial charge in [0.15, 0.2) is 5.82 Å². The van der Waals surface area contributed by atoms with Crippen LogP contribution in [0.1, 0.15) is 33.6 Å². The first-order chi connectivity index (χ1) is 18.0. The fourth-order valence-electron chi connectivity index (χ4n) is 4.38. The predicted molar refractivity (Wildman–Crippen MR) is 139 cm³/mol. The second-order valence-corrected chi connectivity index (χ2v) is 8.66. The topological polar surface area (TPSA) is 141 Å². The standard InChI is InChI=1S/C28H22N6O3/c29-34-33-28(37)20-9-13-22-19(16-20)10-14-23-26(22)32-25(18-7-11-21(35)12-8-18)27(30-23)31-24(36)15-6-17-4-2-1-3-5-17/h1-5,7-9,11-13,16,35H,6,10,14-15H2,(H,30,31,36). The molecule has 4 aromatic rings. The van der Waals surface area contributed by atoms with E-state index in [-0.39, 0.29) is 11.7 Å². The van der Waals surface area contributed by atoms with Crippen molar-refractivity contribution >= 4 is 17.6 Å². The SMILES string of the molecule is [N-]=[N+]=NC(=O)c1ccc2c(c1)CCc1nc(NC(=O)CCc3ccccc3)c(-c3ccc(O)cc3)nc1-2. The fraction of sp³-hybridized carbons (Fsp3) is 0.143. The number of nitrogens with zero attached hydrogens (tertiary/aromatic N) is 5. The molecule has 0 spiro atoms. The predicted octanol–water partition coefficient (Wildman–Crippen LogP) is 5.64. The number of hydrogen-bond acceptors (Lipinski definition) is 5. The summed E-state index contributed by atoms with van der Waals surface area (Å²) in [5.74, 6) is -0.331. The number of anilines is 1. The molecular formula is C28H22N6O3. The van der Waals surface area contributed by atoms with Crippen molar-refractivity contribution in [3.8, 4) is 28.3 Å². The average Bonchev–Trinajstić information content (AvgIpc) is 2.92. The Morgan fingerprint density at radius 3 is 2.51 bits per heavy atom. The van der Waals surface area contributed by atoms with E-state index in [4.69, 9.17) is 15.5 Å². The van der Waals surface area contributed by atoms with Crippen molar-refractivity contribution in [2.75, 3.05) is 5.32 Å². The summed E-state index contributed by atoms with van der Waals surface area (Å²) in [6, 6.07) is 21.4. The van der Waals surface area contributed by atoms with Gasteiger partial charge in [-0.25, -0.2) is 9.97 Å². The molecule has 0 unspecified atom stereocenters. The summed E-state index contributed by atoms with van der Waals surface area (Å²) >= 11 is 0. The normalized spacial score (nSPS) is 11.6. The summed E-state index contributed by atoms with van der Waals surface area (Å²) in [4.78, 5) is 37.2. The summed E-state index contributed by atoms with van der Waals surface area (Å²) in [7, 11) is 0. The van der Waals surface area contributed by atoms with Gasteiger partial charge >= 0.3 is 0 Å². The molecule has 2 N–H and O–H groups in total. The highest BCUT2D eigenvalue weighted by Crippen LogP contribution is 2.36. The molecule has 0 radical (unpaired) electrons. The van der Waals surface area contributed by atoms with Crippen molar-refractivity contribution in [2.45, 2.75) is 25.7 Å². The number of aryl methyl sites for hydroxylation is 3. The molecule has 3 aromatic carbocycles. The van der Waals surface area contributed by atoms with Crippen LogP contribution in [0.15, 0.2) is 77.9 Å². The number of benzene rings is 3. The van der Waals surface area contributed by atoms with E-state index in [0.717, 1.165) is 22.4 Å². The first-order valence-corrected chi connectivity index (χ1v) is 11.8. The second-order valence-electron chi connectivity index (χ2n) is 8.66. The molecule has 2 amide bonds. The summed E-state index contributed by atoms with van der Waals surface area (Å²) in [5.41, 5.74) is 14.3. The smallest absolute Gasteiger partial charge is 0.249 e. The molecule has 0 saturated carbocycles. The van der Waals surface area contributed by atoms with Crippen LogP contribution in [0, 0.1) is 0 Å². The van der Waals surface area contributed by atoms with Gasteiger partial charge in [-0.3, -0.25) is 9.59 Å². The summed E-state index contributed by atoms with van der Waals surface area (Å²) < 4.78 is 0. The Hall–Kier alpha value is -5.01. The van der Waals surface area contributed by atoms with Gasteiger partial charge in [-0.05, 0) is 71.4 Å². The van der Waals surface area contributed by atoms with Gasteiger partial charge in [0.25, 0.3) is 0 Å². The van der Waals surface area contributed by atoms with E-state index in [0.29, 0.717) is 54.0 Å². The third kappa shape index (κ3) is 5.17. The van der Waals surface area contributed by atoms with Gasteiger partial charge in [0, 0.05) is 28.0 Å². The van der Waals surface area contributed by atoms with Crippen LogP contribution in [0.5, 0.6) is 5.75 Å². The number of fused-ring (bicyclic) bond motifs is 3. The Balaban J connectivity index is 1.51. The minimum Gasteiger partial charge on any atom is -0.508 e. The second kappa shape index (κ2) is 10.3. The number of rotatable bonds is 6. The molecule has 0 fully saturated rings. The molecule has 9 nitrogen and oxygen atoms in total. The Morgan fingerprint density at radius 1 is 0.973 bits per heavy atom. The molecule has 1 aromatic heterocycles. The maximum atomic E-state index is 12.9. The Kier molecular flexibility index (Phi) is 6.61. The van der Waals surface area contributed by atoms with Crippen LogP contribution in [0.4, 0.5) is 5.82 Å². The molecule has 1 heterocycles. The van der Waals surface area contributed by atoms with E-state index in [9.17, 15) is 14.7 Å². The molecule has 0 aliphatic heterocycles. The van der Waals surface area contributed by atoms with Gasteiger partial charge in [-0.2, -0.15) is 0 Å². The van der Waals surface area contributed by atoms with Crippen molar-refractivity contribution in [3.05, 3.63) is 106 Å². The van der Waals surface area contributed by atoms with Gasteiger partial charge in [-0.1, -0.05) is 42.5 Å². The highest BCUT2D eigenvalue weighted by Gasteiger charge is 2.24. The number of aromatic hydroxyl groups is 1. The minimum atomic E-state index is -0.638. The van der Waals surface area contributed by atoms with E-state index in [1.165, 1.54) is 0 Å². The van der Waals surface area contributed by atoms with Crippen molar-refractivity contribution < 1.29 is 14.7 Å². The number of hydrogen-bond donors (Lipinski definition) is 2. The van der Waals surface area contributed by atoms with Crippen LogP contribution in [-0.2, 0) is 24.1 Å². The number of phenols is 1. The monoisotopic (exact) mass is 490 g/mol. The largest absolute Gasteiger partial charge is 0.508 e. The Labute approximate surface area is 212 Å².